The number of rotatable bonds is 5. The van der Waals surface area contributed by atoms with Gasteiger partial charge in [-0.05, 0) is 51.3 Å². The molecular formula is C22H30N4O4S. The summed E-state index contributed by atoms with van der Waals surface area (Å²) >= 11 is 0. The summed E-state index contributed by atoms with van der Waals surface area (Å²) in [5.41, 5.74) is 3.06. The molecule has 1 amide bonds. The number of aryl methyl sites for hydroxylation is 3. The Bertz CT molecular complexity index is 1040. The quantitative estimate of drug-likeness (QED) is 0.699. The minimum Gasteiger partial charge on any atom is -0.360 e. The smallest absolute Gasteiger partial charge is 0.248 e. The molecule has 1 aliphatic carbocycles. The molecule has 1 saturated heterocycles. The van der Waals surface area contributed by atoms with Gasteiger partial charge in [-0.15, -0.1) is 0 Å². The van der Waals surface area contributed by atoms with Gasteiger partial charge in [0.25, 0.3) is 0 Å². The van der Waals surface area contributed by atoms with Gasteiger partial charge in [-0.25, -0.2) is 8.42 Å². The van der Waals surface area contributed by atoms with Gasteiger partial charge in [-0.2, -0.15) is 4.31 Å². The maximum absolute atomic E-state index is 13.0. The molecular weight excluding hydrogens is 416 g/mol. The van der Waals surface area contributed by atoms with E-state index in [2.05, 4.69) is 34.3 Å². The Morgan fingerprint density at radius 2 is 1.90 bits per heavy atom. The molecule has 0 N–H and O–H groups in total. The van der Waals surface area contributed by atoms with Crippen LogP contribution in [0.15, 0.2) is 33.7 Å². The molecule has 1 aliphatic heterocycles. The zero-order chi connectivity index (χ0) is 22.2. The maximum atomic E-state index is 13.0. The predicted octanol–water partition coefficient (Wildman–Crippen LogP) is 2.13. The van der Waals surface area contributed by atoms with E-state index in [1.54, 1.807) is 18.7 Å². The fraction of sp³-hybridized carbons (Fsp3) is 0.545. The van der Waals surface area contributed by atoms with Gasteiger partial charge in [-0.1, -0.05) is 29.4 Å². The third-order valence-corrected chi connectivity index (χ3v) is 8.56. The Morgan fingerprint density at radius 3 is 2.58 bits per heavy atom. The van der Waals surface area contributed by atoms with Crippen LogP contribution in [0.3, 0.4) is 0 Å². The van der Waals surface area contributed by atoms with Crippen molar-refractivity contribution >= 4 is 15.9 Å². The molecule has 0 saturated carbocycles. The zero-order valence-corrected chi connectivity index (χ0v) is 19.2. The molecule has 31 heavy (non-hydrogen) atoms. The number of carbonyl (C=O) groups is 1. The minimum absolute atomic E-state index is 0.0416. The van der Waals surface area contributed by atoms with E-state index in [0.717, 1.165) is 19.3 Å². The second-order valence-corrected chi connectivity index (χ2v) is 10.3. The predicted molar refractivity (Wildman–Crippen MR) is 116 cm³/mol. The van der Waals surface area contributed by atoms with E-state index in [1.807, 2.05) is 7.05 Å². The molecule has 2 heterocycles. The highest BCUT2D eigenvalue weighted by atomic mass is 32.2. The standard InChI is InChI=1S/C22H30N4O4S/c1-16-22(17(2)30-23-16)31(28,29)26-13-11-25(12-14-26)21(27)15-24(3)20-10-6-8-18-7-4-5-9-19(18)20/h4-5,7,9,20H,6,8,10-15H2,1-3H3. The number of sulfonamides is 1. The van der Waals surface area contributed by atoms with Crippen molar-refractivity contribution in [1.29, 1.82) is 0 Å². The summed E-state index contributed by atoms with van der Waals surface area (Å²) in [4.78, 5) is 17.0. The average molecular weight is 447 g/mol. The van der Waals surface area contributed by atoms with E-state index in [4.69, 9.17) is 4.52 Å². The van der Waals surface area contributed by atoms with Gasteiger partial charge >= 0.3 is 0 Å². The molecule has 1 fully saturated rings. The highest BCUT2D eigenvalue weighted by Gasteiger charge is 2.34. The lowest BCUT2D eigenvalue weighted by atomic mass is 9.87. The summed E-state index contributed by atoms with van der Waals surface area (Å²) < 4.78 is 32.4. The van der Waals surface area contributed by atoms with Crippen molar-refractivity contribution in [2.75, 3.05) is 39.8 Å². The van der Waals surface area contributed by atoms with Crippen molar-refractivity contribution in [3.05, 3.63) is 46.8 Å². The van der Waals surface area contributed by atoms with Crippen molar-refractivity contribution in [2.45, 2.75) is 44.0 Å². The number of piperazine rings is 1. The van der Waals surface area contributed by atoms with E-state index < -0.39 is 10.0 Å². The van der Waals surface area contributed by atoms with Gasteiger partial charge in [0.1, 0.15) is 10.6 Å². The molecule has 0 spiro atoms. The summed E-state index contributed by atoms with van der Waals surface area (Å²) in [5, 5.41) is 3.76. The molecule has 1 atom stereocenters. The van der Waals surface area contributed by atoms with Crippen molar-refractivity contribution in [3.8, 4) is 0 Å². The topological polar surface area (TPSA) is 87.0 Å². The SMILES string of the molecule is Cc1noc(C)c1S(=O)(=O)N1CCN(C(=O)CN(C)C2CCCc3ccccc32)CC1. The van der Waals surface area contributed by atoms with Crippen LogP contribution in [0.5, 0.6) is 0 Å². The van der Waals surface area contributed by atoms with E-state index in [-0.39, 0.29) is 29.9 Å². The molecule has 168 valence electrons. The Hall–Kier alpha value is -2.23. The molecule has 4 rings (SSSR count). The third-order valence-electron chi connectivity index (χ3n) is 6.41. The minimum atomic E-state index is -3.67. The number of hydrogen-bond acceptors (Lipinski definition) is 6. The highest BCUT2D eigenvalue weighted by molar-refractivity contribution is 7.89. The van der Waals surface area contributed by atoms with Crippen molar-refractivity contribution in [2.24, 2.45) is 0 Å². The summed E-state index contributed by atoms with van der Waals surface area (Å²) in [5.74, 6) is 0.338. The first-order valence-electron chi connectivity index (χ1n) is 10.8. The van der Waals surface area contributed by atoms with Crippen LogP contribution in [-0.4, -0.2) is 73.4 Å². The fourth-order valence-corrected chi connectivity index (χ4v) is 6.47. The lowest BCUT2D eigenvalue weighted by Gasteiger charge is -2.37. The largest absolute Gasteiger partial charge is 0.360 e. The van der Waals surface area contributed by atoms with Crippen LogP contribution in [0.2, 0.25) is 0 Å². The van der Waals surface area contributed by atoms with Crippen LogP contribution in [-0.2, 0) is 21.2 Å². The van der Waals surface area contributed by atoms with E-state index in [0.29, 0.717) is 31.1 Å². The van der Waals surface area contributed by atoms with Crippen LogP contribution in [0.1, 0.15) is 41.5 Å². The maximum Gasteiger partial charge on any atom is 0.248 e. The van der Waals surface area contributed by atoms with Crippen LogP contribution >= 0.6 is 0 Å². The number of carbonyl (C=O) groups excluding carboxylic acids is 1. The summed E-state index contributed by atoms with van der Waals surface area (Å²) in [6.45, 7) is 4.87. The van der Waals surface area contributed by atoms with E-state index >= 15 is 0 Å². The first-order valence-corrected chi connectivity index (χ1v) is 12.2. The normalized spacial score (nSPS) is 20.1. The van der Waals surface area contributed by atoms with Crippen molar-refractivity contribution in [3.63, 3.8) is 0 Å². The van der Waals surface area contributed by atoms with Crippen LogP contribution in [0.25, 0.3) is 0 Å². The number of nitrogens with zero attached hydrogens (tertiary/aromatic N) is 4. The first-order chi connectivity index (χ1) is 14.8. The van der Waals surface area contributed by atoms with Gasteiger partial charge < -0.3 is 9.42 Å². The Balaban J connectivity index is 1.37. The van der Waals surface area contributed by atoms with E-state index in [1.165, 1.54) is 15.4 Å². The monoisotopic (exact) mass is 446 g/mol. The number of benzene rings is 1. The number of aromatic nitrogens is 1. The van der Waals surface area contributed by atoms with Crippen molar-refractivity contribution < 1.29 is 17.7 Å². The first kappa shape index (κ1) is 22.0. The fourth-order valence-electron chi connectivity index (χ4n) is 4.76. The summed E-state index contributed by atoms with van der Waals surface area (Å²) in [7, 11) is -1.67. The molecule has 2 aromatic rings. The van der Waals surface area contributed by atoms with Crippen LogP contribution < -0.4 is 0 Å². The Labute approximate surface area is 183 Å². The number of amides is 1. The molecule has 0 radical (unpaired) electrons. The van der Waals surface area contributed by atoms with Gasteiger partial charge in [0.15, 0.2) is 5.76 Å². The van der Waals surface area contributed by atoms with Gasteiger partial charge in [0.05, 0.1) is 6.54 Å². The molecule has 1 unspecified atom stereocenters. The number of hydrogen-bond donors (Lipinski definition) is 0. The summed E-state index contributed by atoms with van der Waals surface area (Å²) in [6, 6.07) is 8.72. The van der Waals surface area contributed by atoms with Crippen LogP contribution in [0.4, 0.5) is 0 Å². The van der Waals surface area contributed by atoms with Crippen molar-refractivity contribution in [1.82, 2.24) is 19.3 Å². The van der Waals surface area contributed by atoms with E-state index in [9.17, 15) is 13.2 Å². The molecule has 1 aromatic heterocycles. The molecule has 9 heteroatoms. The Morgan fingerprint density at radius 1 is 1.19 bits per heavy atom. The molecule has 1 aromatic carbocycles. The second-order valence-electron chi connectivity index (χ2n) is 8.46. The van der Waals surface area contributed by atoms with Gasteiger partial charge in [0.2, 0.25) is 15.9 Å². The number of likely N-dealkylation sites (N-methyl/N-ethyl adjacent to an activating group) is 1. The van der Waals surface area contributed by atoms with Gasteiger partial charge in [0, 0.05) is 32.2 Å². The lowest BCUT2D eigenvalue weighted by Crippen LogP contribution is -2.52. The zero-order valence-electron chi connectivity index (χ0n) is 18.4. The second kappa shape index (κ2) is 8.72. The lowest BCUT2D eigenvalue weighted by molar-refractivity contribution is -0.133. The third kappa shape index (κ3) is 4.26. The Kier molecular flexibility index (Phi) is 6.18. The molecule has 8 nitrogen and oxygen atoms in total. The number of fused-ring (bicyclic) bond motifs is 1. The van der Waals surface area contributed by atoms with Gasteiger partial charge in [-0.3, -0.25) is 9.69 Å². The van der Waals surface area contributed by atoms with Crippen LogP contribution in [0, 0.1) is 13.8 Å². The average Bonchev–Trinajstić information content (AvgIpc) is 3.12. The molecule has 0 bridgehead atoms. The molecule has 2 aliphatic rings. The highest BCUT2D eigenvalue weighted by Crippen LogP contribution is 2.33. The summed E-state index contributed by atoms with van der Waals surface area (Å²) in [6.07, 6.45) is 3.26.